The maximum Gasteiger partial charge on any atom is 0.193 e. The highest BCUT2D eigenvalue weighted by atomic mass is 127. The molecule has 7 heteroatoms. The number of hydrogen-bond donors (Lipinski definition) is 2. The van der Waals surface area contributed by atoms with E-state index in [1.54, 1.807) is 0 Å². The lowest BCUT2D eigenvalue weighted by Crippen LogP contribution is -2.22. The Balaban J connectivity index is 0.00000392. The van der Waals surface area contributed by atoms with E-state index < -0.39 is 0 Å². The lowest BCUT2D eigenvalue weighted by atomic mass is 10.2. The van der Waals surface area contributed by atoms with Gasteiger partial charge in [-0.3, -0.25) is 0 Å². The molecule has 28 heavy (non-hydrogen) atoms. The fourth-order valence-electron chi connectivity index (χ4n) is 2.36. The minimum absolute atomic E-state index is 0. The molecule has 2 rings (SSSR count). The van der Waals surface area contributed by atoms with Crippen LogP contribution in [0.3, 0.4) is 0 Å². The largest absolute Gasteiger partial charge is 0.492 e. The molecule has 0 aliphatic carbocycles. The number of nitrogens with zero attached hydrogens (tertiary/aromatic N) is 2. The first-order valence-corrected chi connectivity index (χ1v) is 9.13. The lowest BCUT2D eigenvalue weighted by molar-refractivity contribution is 0.242. The quantitative estimate of drug-likeness (QED) is 0.311. The lowest BCUT2D eigenvalue weighted by Gasteiger charge is -2.13. The minimum Gasteiger partial charge on any atom is -0.492 e. The first-order chi connectivity index (χ1) is 12.9. The summed E-state index contributed by atoms with van der Waals surface area (Å²) in [6.45, 7) is 5.94. The summed E-state index contributed by atoms with van der Waals surface area (Å²) in [7, 11) is 4.04. The van der Waals surface area contributed by atoms with Crippen molar-refractivity contribution in [3.8, 4) is 11.5 Å². The van der Waals surface area contributed by atoms with Crippen LogP contribution in [0.2, 0.25) is 0 Å². The molecule has 0 atom stereocenters. The van der Waals surface area contributed by atoms with E-state index >= 15 is 0 Å². The topological polar surface area (TPSA) is 72.1 Å². The SMILES string of the molecule is CC(C)Oc1ccc(NC(N)=NCc2ccccc2OCCN(C)C)cc1.I. The fraction of sp³-hybridized carbons (Fsp3) is 0.381. The number of rotatable bonds is 9. The molecule has 3 N–H and O–H groups in total. The Morgan fingerprint density at radius 3 is 2.43 bits per heavy atom. The molecule has 2 aromatic carbocycles. The third-order valence-electron chi connectivity index (χ3n) is 3.69. The number of hydrogen-bond acceptors (Lipinski definition) is 4. The van der Waals surface area contributed by atoms with Gasteiger partial charge in [0.05, 0.1) is 12.6 Å². The van der Waals surface area contributed by atoms with Gasteiger partial charge in [0, 0.05) is 17.8 Å². The zero-order chi connectivity index (χ0) is 19.6. The summed E-state index contributed by atoms with van der Waals surface area (Å²) < 4.78 is 11.5. The van der Waals surface area contributed by atoms with Crippen molar-refractivity contribution in [3.05, 3.63) is 54.1 Å². The van der Waals surface area contributed by atoms with Gasteiger partial charge in [-0.15, -0.1) is 24.0 Å². The predicted octanol–water partition coefficient (Wildman–Crippen LogP) is 3.96. The summed E-state index contributed by atoms with van der Waals surface area (Å²) in [4.78, 5) is 6.51. The molecule has 0 saturated carbocycles. The number of ether oxygens (including phenoxy) is 2. The van der Waals surface area contributed by atoms with Gasteiger partial charge >= 0.3 is 0 Å². The number of aliphatic imine (C=N–C) groups is 1. The zero-order valence-electron chi connectivity index (χ0n) is 17.0. The molecule has 0 aliphatic heterocycles. The van der Waals surface area contributed by atoms with Crippen molar-refractivity contribution in [2.45, 2.75) is 26.5 Å². The van der Waals surface area contributed by atoms with E-state index in [0.717, 1.165) is 29.3 Å². The third-order valence-corrected chi connectivity index (χ3v) is 3.69. The number of para-hydroxylation sites is 1. The predicted molar refractivity (Wildman–Crippen MR) is 127 cm³/mol. The molecule has 0 heterocycles. The van der Waals surface area contributed by atoms with E-state index in [9.17, 15) is 0 Å². The van der Waals surface area contributed by atoms with Crippen LogP contribution in [0.1, 0.15) is 19.4 Å². The first-order valence-electron chi connectivity index (χ1n) is 9.13. The Morgan fingerprint density at radius 1 is 1.11 bits per heavy atom. The number of anilines is 1. The number of nitrogens with one attached hydrogen (secondary N) is 1. The summed E-state index contributed by atoms with van der Waals surface area (Å²) in [5.74, 6) is 2.02. The van der Waals surface area contributed by atoms with Gasteiger partial charge in [0.15, 0.2) is 5.96 Å². The van der Waals surface area contributed by atoms with Gasteiger partial charge in [0.1, 0.15) is 18.1 Å². The Labute approximate surface area is 185 Å². The van der Waals surface area contributed by atoms with Crippen LogP contribution in [-0.4, -0.2) is 44.2 Å². The molecule has 0 radical (unpaired) electrons. The third kappa shape index (κ3) is 8.79. The standard InChI is InChI=1S/C21H30N4O2.HI/c1-16(2)27-19-11-9-18(10-12-19)24-21(22)23-15-17-7-5-6-8-20(17)26-14-13-25(3)4;/h5-12,16H,13-15H2,1-4H3,(H3,22,23,24);1H. The molecule has 0 amide bonds. The van der Waals surface area contributed by atoms with Gasteiger partial charge in [-0.05, 0) is 58.3 Å². The van der Waals surface area contributed by atoms with E-state index in [4.69, 9.17) is 15.2 Å². The van der Waals surface area contributed by atoms with Gasteiger partial charge in [-0.2, -0.15) is 0 Å². The summed E-state index contributed by atoms with van der Waals surface area (Å²) in [5.41, 5.74) is 7.89. The van der Waals surface area contributed by atoms with Crippen LogP contribution in [0.4, 0.5) is 5.69 Å². The summed E-state index contributed by atoms with van der Waals surface area (Å²) in [6, 6.07) is 15.5. The number of nitrogens with two attached hydrogens (primary N) is 1. The molecule has 0 bridgehead atoms. The van der Waals surface area contributed by atoms with Crippen molar-refractivity contribution in [2.24, 2.45) is 10.7 Å². The molecule has 2 aromatic rings. The highest BCUT2D eigenvalue weighted by Gasteiger charge is 2.04. The molecule has 0 aromatic heterocycles. The normalized spacial score (nSPS) is 11.3. The molecule has 0 aliphatic rings. The second-order valence-corrected chi connectivity index (χ2v) is 6.78. The Bertz CT molecular complexity index is 733. The number of likely N-dealkylation sites (N-methyl/N-ethyl adjacent to an activating group) is 1. The van der Waals surface area contributed by atoms with Crippen LogP contribution in [0.25, 0.3) is 0 Å². The molecule has 0 unspecified atom stereocenters. The van der Waals surface area contributed by atoms with Crippen molar-refractivity contribution >= 4 is 35.6 Å². The minimum atomic E-state index is 0. The Hall–Kier alpha value is -2.00. The van der Waals surface area contributed by atoms with Crippen molar-refractivity contribution < 1.29 is 9.47 Å². The molecular formula is C21H31IN4O2. The number of halogens is 1. The van der Waals surface area contributed by atoms with Crippen LogP contribution in [0.5, 0.6) is 11.5 Å². The van der Waals surface area contributed by atoms with Crippen molar-refractivity contribution in [1.82, 2.24) is 4.90 Å². The van der Waals surface area contributed by atoms with Gasteiger partial charge in [0.2, 0.25) is 0 Å². The van der Waals surface area contributed by atoms with Gasteiger partial charge in [-0.1, -0.05) is 18.2 Å². The van der Waals surface area contributed by atoms with Crippen LogP contribution >= 0.6 is 24.0 Å². The van der Waals surface area contributed by atoms with E-state index in [1.165, 1.54) is 0 Å². The van der Waals surface area contributed by atoms with Crippen LogP contribution < -0.4 is 20.5 Å². The van der Waals surface area contributed by atoms with E-state index in [2.05, 4.69) is 15.2 Å². The Morgan fingerprint density at radius 2 is 1.79 bits per heavy atom. The average Bonchev–Trinajstić information content (AvgIpc) is 2.62. The summed E-state index contributed by atoms with van der Waals surface area (Å²) in [6.07, 6.45) is 0.149. The maximum atomic E-state index is 6.02. The molecule has 0 spiro atoms. The summed E-state index contributed by atoms with van der Waals surface area (Å²) in [5, 5.41) is 3.09. The first kappa shape index (κ1) is 24.0. The van der Waals surface area contributed by atoms with Crippen LogP contribution in [-0.2, 0) is 6.54 Å². The molecule has 0 saturated heterocycles. The smallest absolute Gasteiger partial charge is 0.193 e. The zero-order valence-corrected chi connectivity index (χ0v) is 19.3. The highest BCUT2D eigenvalue weighted by molar-refractivity contribution is 14.0. The second kappa shape index (κ2) is 12.5. The highest BCUT2D eigenvalue weighted by Crippen LogP contribution is 2.19. The summed E-state index contributed by atoms with van der Waals surface area (Å²) >= 11 is 0. The molecule has 0 fully saturated rings. The van der Waals surface area contributed by atoms with Gasteiger partial charge < -0.3 is 25.4 Å². The molecule has 6 nitrogen and oxygen atoms in total. The van der Waals surface area contributed by atoms with Crippen molar-refractivity contribution in [3.63, 3.8) is 0 Å². The van der Waals surface area contributed by atoms with Gasteiger partial charge in [0.25, 0.3) is 0 Å². The van der Waals surface area contributed by atoms with Crippen molar-refractivity contribution in [2.75, 3.05) is 32.6 Å². The van der Waals surface area contributed by atoms with E-state index in [-0.39, 0.29) is 30.1 Å². The van der Waals surface area contributed by atoms with Crippen molar-refractivity contribution in [1.29, 1.82) is 0 Å². The molecule has 154 valence electrons. The van der Waals surface area contributed by atoms with Crippen LogP contribution in [0, 0.1) is 0 Å². The van der Waals surface area contributed by atoms with Crippen LogP contribution in [0.15, 0.2) is 53.5 Å². The van der Waals surface area contributed by atoms with Gasteiger partial charge in [-0.25, -0.2) is 4.99 Å². The number of guanidine groups is 1. The molecular weight excluding hydrogens is 467 g/mol. The van der Waals surface area contributed by atoms with E-state index in [0.29, 0.717) is 19.1 Å². The number of benzene rings is 2. The van der Waals surface area contributed by atoms with E-state index in [1.807, 2.05) is 76.5 Å². The fourth-order valence-corrected chi connectivity index (χ4v) is 2.36. The second-order valence-electron chi connectivity index (χ2n) is 6.78. The Kier molecular flexibility index (Phi) is 10.7. The maximum absolute atomic E-state index is 6.02. The average molecular weight is 498 g/mol. The monoisotopic (exact) mass is 498 g/mol.